The number of benzene rings is 1. The van der Waals surface area contributed by atoms with Gasteiger partial charge in [0, 0.05) is 0 Å². The molecule has 2 aromatic rings. The van der Waals surface area contributed by atoms with Crippen LogP contribution in [0.15, 0.2) is 18.2 Å². The summed E-state index contributed by atoms with van der Waals surface area (Å²) in [6, 6.07) is 4.92. The Morgan fingerprint density at radius 1 is 1.40 bits per heavy atom. The largest absolute Gasteiger partial charge is 0.492 e. The summed E-state index contributed by atoms with van der Waals surface area (Å²) in [7, 11) is 0. The number of alkyl halides is 3. The van der Waals surface area contributed by atoms with Crippen LogP contribution < -0.4 is 10.5 Å². The number of anilines is 1. The van der Waals surface area contributed by atoms with Crippen LogP contribution in [-0.4, -0.2) is 22.3 Å². The Balaban J connectivity index is 2.23. The first-order valence-corrected chi connectivity index (χ1v) is 6.37. The van der Waals surface area contributed by atoms with Crippen LogP contribution in [0.5, 0.6) is 5.75 Å². The van der Waals surface area contributed by atoms with Gasteiger partial charge in [0.2, 0.25) is 5.95 Å². The summed E-state index contributed by atoms with van der Waals surface area (Å²) in [5, 5.41) is 0. The molecule has 1 aliphatic rings. The van der Waals surface area contributed by atoms with Gasteiger partial charge in [-0.2, -0.15) is 13.2 Å². The lowest BCUT2D eigenvalue weighted by Gasteiger charge is -2.22. The van der Waals surface area contributed by atoms with E-state index in [1.54, 1.807) is 25.1 Å². The Morgan fingerprint density at radius 2 is 2.10 bits per heavy atom. The highest BCUT2D eigenvalue weighted by atomic mass is 19.4. The highest BCUT2D eigenvalue weighted by Crippen LogP contribution is 2.57. The molecule has 2 N–H and O–H groups in total. The van der Waals surface area contributed by atoms with Crippen molar-refractivity contribution in [3.05, 3.63) is 18.2 Å². The third-order valence-electron chi connectivity index (χ3n) is 3.65. The molecule has 1 saturated carbocycles. The monoisotopic (exact) mass is 285 g/mol. The van der Waals surface area contributed by atoms with Crippen LogP contribution in [0.25, 0.3) is 11.0 Å². The van der Waals surface area contributed by atoms with Crippen molar-refractivity contribution in [2.24, 2.45) is 0 Å². The van der Waals surface area contributed by atoms with E-state index in [1.165, 1.54) is 0 Å². The van der Waals surface area contributed by atoms with E-state index in [0.717, 1.165) is 4.57 Å². The molecule has 3 rings (SSSR count). The number of para-hydroxylation sites is 1. The smallest absolute Gasteiger partial charge is 0.412 e. The third kappa shape index (κ3) is 1.65. The van der Waals surface area contributed by atoms with E-state index in [4.69, 9.17) is 10.5 Å². The second-order valence-corrected chi connectivity index (χ2v) is 4.89. The number of ether oxygens (including phenoxy) is 1. The fourth-order valence-corrected chi connectivity index (χ4v) is 2.57. The van der Waals surface area contributed by atoms with Gasteiger partial charge >= 0.3 is 6.18 Å². The second-order valence-electron chi connectivity index (χ2n) is 4.89. The first-order valence-electron chi connectivity index (χ1n) is 6.37. The number of rotatable bonds is 3. The van der Waals surface area contributed by atoms with E-state index in [2.05, 4.69) is 4.98 Å². The van der Waals surface area contributed by atoms with E-state index >= 15 is 0 Å². The first kappa shape index (κ1) is 13.1. The van der Waals surface area contributed by atoms with Gasteiger partial charge in [0.1, 0.15) is 16.8 Å². The summed E-state index contributed by atoms with van der Waals surface area (Å²) >= 11 is 0. The summed E-state index contributed by atoms with van der Waals surface area (Å²) in [6.07, 6.45) is -4.27. The van der Waals surface area contributed by atoms with Crippen molar-refractivity contribution in [3.8, 4) is 5.75 Å². The molecule has 0 spiro atoms. The number of fused-ring (bicyclic) bond motifs is 1. The maximum atomic E-state index is 13.3. The molecule has 1 fully saturated rings. The Hall–Kier alpha value is -1.92. The van der Waals surface area contributed by atoms with Crippen LogP contribution in [0.2, 0.25) is 0 Å². The van der Waals surface area contributed by atoms with Crippen molar-refractivity contribution < 1.29 is 17.9 Å². The highest BCUT2D eigenvalue weighted by Gasteiger charge is 2.66. The zero-order valence-electron chi connectivity index (χ0n) is 10.9. The number of aromatic nitrogens is 2. The summed E-state index contributed by atoms with van der Waals surface area (Å²) in [5.74, 6) is 0.329. The lowest BCUT2D eigenvalue weighted by molar-refractivity contribution is -0.178. The van der Waals surface area contributed by atoms with Crippen molar-refractivity contribution in [1.29, 1.82) is 0 Å². The van der Waals surface area contributed by atoms with Gasteiger partial charge in [0.15, 0.2) is 0 Å². The van der Waals surface area contributed by atoms with Crippen LogP contribution in [0.4, 0.5) is 19.1 Å². The molecule has 0 amide bonds. The summed E-state index contributed by atoms with van der Waals surface area (Å²) in [4.78, 5) is 4.07. The molecule has 1 aromatic heterocycles. The molecule has 0 unspecified atom stereocenters. The van der Waals surface area contributed by atoms with Crippen molar-refractivity contribution >= 4 is 17.0 Å². The minimum Gasteiger partial charge on any atom is -0.492 e. The van der Waals surface area contributed by atoms with Crippen LogP contribution >= 0.6 is 0 Å². The van der Waals surface area contributed by atoms with Crippen molar-refractivity contribution in [3.63, 3.8) is 0 Å². The molecule has 1 aromatic carbocycles. The topological polar surface area (TPSA) is 53.1 Å². The third-order valence-corrected chi connectivity index (χ3v) is 3.65. The molecule has 0 radical (unpaired) electrons. The van der Waals surface area contributed by atoms with Gasteiger partial charge in [-0.3, -0.25) is 4.57 Å². The predicted molar refractivity (Wildman–Crippen MR) is 68.6 cm³/mol. The van der Waals surface area contributed by atoms with E-state index in [0.29, 0.717) is 23.4 Å². The van der Waals surface area contributed by atoms with E-state index < -0.39 is 11.7 Å². The van der Waals surface area contributed by atoms with Gasteiger partial charge in [-0.15, -0.1) is 0 Å². The molecule has 1 heterocycles. The summed E-state index contributed by atoms with van der Waals surface area (Å²) in [5.41, 5.74) is 4.57. The second kappa shape index (κ2) is 4.04. The number of nitrogens with zero attached hydrogens (tertiary/aromatic N) is 2. The zero-order chi connectivity index (χ0) is 14.5. The minimum atomic E-state index is -4.34. The number of imidazole rings is 1. The van der Waals surface area contributed by atoms with E-state index in [9.17, 15) is 13.2 Å². The minimum absolute atomic E-state index is 0.0328. The molecule has 20 heavy (non-hydrogen) atoms. The number of hydrogen-bond acceptors (Lipinski definition) is 3. The molecular formula is C13H14F3N3O. The molecule has 0 saturated heterocycles. The fraction of sp³-hybridized carbons (Fsp3) is 0.462. The lowest BCUT2D eigenvalue weighted by Crippen LogP contribution is -2.35. The van der Waals surface area contributed by atoms with Crippen LogP contribution in [0.1, 0.15) is 19.8 Å². The van der Waals surface area contributed by atoms with Gasteiger partial charge < -0.3 is 10.5 Å². The van der Waals surface area contributed by atoms with E-state index in [-0.39, 0.29) is 18.8 Å². The molecule has 0 atom stereocenters. The number of nitrogens with two attached hydrogens (primary N) is 1. The predicted octanol–water partition coefficient (Wildman–Crippen LogP) is 3.07. The highest BCUT2D eigenvalue weighted by molar-refractivity contribution is 5.85. The maximum absolute atomic E-state index is 13.3. The van der Waals surface area contributed by atoms with Crippen molar-refractivity contribution in [2.45, 2.75) is 31.5 Å². The lowest BCUT2D eigenvalue weighted by atomic mass is 10.2. The number of nitrogen functional groups attached to an aromatic ring is 1. The van der Waals surface area contributed by atoms with E-state index in [1.807, 2.05) is 0 Å². The average Bonchev–Trinajstić information content (AvgIpc) is 3.08. The van der Waals surface area contributed by atoms with Crippen LogP contribution in [-0.2, 0) is 5.54 Å². The van der Waals surface area contributed by atoms with Gasteiger partial charge in [-0.1, -0.05) is 6.07 Å². The molecule has 0 bridgehead atoms. The SMILES string of the molecule is CCOc1cccc2c1nc(N)n2C1(C(F)(F)F)CC1. The summed E-state index contributed by atoms with van der Waals surface area (Å²) < 4.78 is 46.3. The van der Waals surface area contributed by atoms with Crippen LogP contribution in [0, 0.1) is 0 Å². The molecule has 108 valence electrons. The van der Waals surface area contributed by atoms with Gasteiger partial charge in [0.25, 0.3) is 0 Å². The average molecular weight is 285 g/mol. The Labute approximate surface area is 113 Å². The molecule has 4 nitrogen and oxygen atoms in total. The molecular weight excluding hydrogens is 271 g/mol. The van der Waals surface area contributed by atoms with Gasteiger partial charge in [-0.05, 0) is 31.9 Å². The molecule has 1 aliphatic carbocycles. The summed E-state index contributed by atoms with van der Waals surface area (Å²) in [6.45, 7) is 2.22. The van der Waals surface area contributed by atoms with Crippen molar-refractivity contribution in [2.75, 3.05) is 12.3 Å². The van der Waals surface area contributed by atoms with Crippen molar-refractivity contribution in [1.82, 2.24) is 9.55 Å². The fourth-order valence-electron chi connectivity index (χ4n) is 2.57. The van der Waals surface area contributed by atoms with Gasteiger partial charge in [0.05, 0.1) is 12.1 Å². The zero-order valence-corrected chi connectivity index (χ0v) is 10.9. The maximum Gasteiger partial charge on any atom is 0.412 e. The quantitative estimate of drug-likeness (QED) is 0.943. The van der Waals surface area contributed by atoms with Gasteiger partial charge in [-0.25, -0.2) is 4.98 Å². The molecule has 0 aliphatic heterocycles. The number of halogens is 3. The normalized spacial score (nSPS) is 17.4. The Bertz CT molecular complexity index is 659. The first-order chi connectivity index (χ1) is 9.40. The number of hydrogen-bond donors (Lipinski definition) is 1. The standard InChI is InChI=1S/C13H14F3N3O/c1-2-20-9-5-3-4-8-10(9)18-11(17)19(8)12(6-7-12)13(14,15)16/h3-5H,2,6-7H2,1H3,(H2,17,18). The molecule has 7 heteroatoms. The Morgan fingerprint density at radius 3 is 2.65 bits per heavy atom. The van der Waals surface area contributed by atoms with Crippen LogP contribution in [0.3, 0.4) is 0 Å². The Kier molecular flexibility index (Phi) is 2.64.